The number of anilines is 1. The number of aryl methyl sites for hydroxylation is 1. The first-order valence-corrected chi connectivity index (χ1v) is 6.02. The highest BCUT2D eigenvalue weighted by Gasteiger charge is 2.34. The number of amides is 2. The lowest BCUT2D eigenvalue weighted by atomic mass is 9.80. The number of aliphatic hydroxyl groups is 1. The van der Waals surface area contributed by atoms with Crippen molar-refractivity contribution in [3.63, 3.8) is 0 Å². The molecule has 98 valence electrons. The fourth-order valence-corrected chi connectivity index (χ4v) is 1.85. The van der Waals surface area contributed by atoms with Crippen LogP contribution >= 0.6 is 0 Å². The molecule has 0 atom stereocenters. The topological polar surface area (TPSA) is 61.4 Å². The largest absolute Gasteiger partial charge is 0.388 e. The van der Waals surface area contributed by atoms with Gasteiger partial charge in [0.15, 0.2) is 0 Å². The SMILES string of the molecule is Cc1ccc(NC(=O)NCC2(O)CCC2)cc1F. The fourth-order valence-electron chi connectivity index (χ4n) is 1.85. The third-order valence-corrected chi connectivity index (χ3v) is 3.29. The van der Waals surface area contributed by atoms with Gasteiger partial charge in [0.2, 0.25) is 0 Å². The number of hydrogen-bond acceptors (Lipinski definition) is 2. The molecule has 0 aliphatic heterocycles. The predicted molar refractivity (Wildman–Crippen MR) is 67.0 cm³/mol. The van der Waals surface area contributed by atoms with Gasteiger partial charge in [-0.2, -0.15) is 0 Å². The maximum absolute atomic E-state index is 13.3. The smallest absolute Gasteiger partial charge is 0.319 e. The van der Waals surface area contributed by atoms with Gasteiger partial charge in [-0.25, -0.2) is 9.18 Å². The Labute approximate surface area is 105 Å². The van der Waals surface area contributed by atoms with Gasteiger partial charge < -0.3 is 15.7 Å². The summed E-state index contributed by atoms with van der Waals surface area (Å²) in [4.78, 5) is 11.5. The van der Waals surface area contributed by atoms with Crippen molar-refractivity contribution in [1.29, 1.82) is 0 Å². The third kappa shape index (κ3) is 2.98. The molecule has 0 spiro atoms. The second kappa shape index (κ2) is 4.94. The summed E-state index contributed by atoms with van der Waals surface area (Å²) in [6.07, 6.45) is 2.42. The standard InChI is InChI=1S/C13H17FN2O2/c1-9-3-4-10(7-11(9)14)16-12(17)15-8-13(18)5-2-6-13/h3-4,7,18H,2,5-6,8H2,1H3,(H2,15,16,17). The Bertz CT molecular complexity index is 458. The van der Waals surface area contributed by atoms with E-state index in [0.717, 1.165) is 6.42 Å². The Morgan fingerprint density at radius 3 is 2.78 bits per heavy atom. The Morgan fingerprint density at radius 2 is 2.22 bits per heavy atom. The van der Waals surface area contributed by atoms with Gasteiger partial charge in [-0.05, 0) is 43.9 Å². The van der Waals surface area contributed by atoms with Crippen LogP contribution in [0.25, 0.3) is 0 Å². The zero-order chi connectivity index (χ0) is 13.2. The lowest BCUT2D eigenvalue weighted by Crippen LogP contribution is -2.48. The fraction of sp³-hybridized carbons (Fsp3) is 0.462. The van der Waals surface area contributed by atoms with Crippen LogP contribution in [0, 0.1) is 12.7 Å². The second-order valence-electron chi connectivity index (χ2n) is 4.85. The Morgan fingerprint density at radius 1 is 1.50 bits per heavy atom. The van der Waals surface area contributed by atoms with E-state index in [1.807, 2.05) is 0 Å². The molecule has 0 bridgehead atoms. The Balaban J connectivity index is 1.85. The molecule has 1 aliphatic carbocycles. The summed E-state index contributed by atoms with van der Waals surface area (Å²) in [5.41, 5.74) is 0.177. The van der Waals surface area contributed by atoms with Crippen LogP contribution in [0.2, 0.25) is 0 Å². The molecule has 1 saturated carbocycles. The van der Waals surface area contributed by atoms with Crippen molar-refractivity contribution in [1.82, 2.24) is 5.32 Å². The normalized spacial score (nSPS) is 16.8. The van der Waals surface area contributed by atoms with Gasteiger partial charge >= 0.3 is 6.03 Å². The number of urea groups is 1. The van der Waals surface area contributed by atoms with Crippen LogP contribution in [0.1, 0.15) is 24.8 Å². The van der Waals surface area contributed by atoms with E-state index in [9.17, 15) is 14.3 Å². The highest BCUT2D eigenvalue weighted by atomic mass is 19.1. The zero-order valence-corrected chi connectivity index (χ0v) is 10.3. The minimum atomic E-state index is -0.754. The molecule has 2 rings (SSSR count). The van der Waals surface area contributed by atoms with Crippen LogP contribution in [-0.2, 0) is 0 Å². The summed E-state index contributed by atoms with van der Waals surface area (Å²) in [6, 6.07) is 4.08. The quantitative estimate of drug-likeness (QED) is 0.772. The maximum Gasteiger partial charge on any atom is 0.319 e. The first kappa shape index (κ1) is 12.8. The first-order chi connectivity index (χ1) is 8.48. The maximum atomic E-state index is 13.3. The zero-order valence-electron chi connectivity index (χ0n) is 10.3. The summed E-state index contributed by atoms with van der Waals surface area (Å²) in [7, 11) is 0. The first-order valence-electron chi connectivity index (χ1n) is 6.02. The lowest BCUT2D eigenvalue weighted by Gasteiger charge is -2.36. The Kier molecular flexibility index (Phi) is 3.52. The van der Waals surface area contributed by atoms with E-state index in [0.29, 0.717) is 24.1 Å². The predicted octanol–water partition coefficient (Wildman–Crippen LogP) is 2.17. The molecule has 5 heteroatoms. The number of carbonyl (C=O) groups is 1. The average Bonchev–Trinajstić information content (AvgIpc) is 2.29. The molecule has 0 unspecified atom stereocenters. The molecule has 0 saturated heterocycles. The van der Waals surface area contributed by atoms with E-state index in [1.165, 1.54) is 6.07 Å². The van der Waals surface area contributed by atoms with Crippen molar-refractivity contribution in [2.75, 3.05) is 11.9 Å². The summed E-state index contributed by atoms with van der Waals surface area (Å²) in [6.45, 7) is 1.89. The van der Waals surface area contributed by atoms with Crippen molar-refractivity contribution in [3.8, 4) is 0 Å². The van der Waals surface area contributed by atoms with Gasteiger partial charge in [0, 0.05) is 12.2 Å². The Hall–Kier alpha value is -1.62. The van der Waals surface area contributed by atoms with Crippen molar-refractivity contribution in [3.05, 3.63) is 29.6 Å². The third-order valence-electron chi connectivity index (χ3n) is 3.29. The number of hydrogen-bond donors (Lipinski definition) is 3. The summed E-state index contributed by atoms with van der Waals surface area (Å²) < 4.78 is 13.3. The molecule has 3 N–H and O–H groups in total. The summed E-state index contributed by atoms with van der Waals surface area (Å²) in [5, 5.41) is 14.9. The van der Waals surface area contributed by atoms with Crippen LogP contribution in [0.15, 0.2) is 18.2 Å². The van der Waals surface area contributed by atoms with Crippen LogP contribution in [0.4, 0.5) is 14.9 Å². The van der Waals surface area contributed by atoms with E-state index in [-0.39, 0.29) is 12.4 Å². The van der Waals surface area contributed by atoms with Gasteiger partial charge in [0.1, 0.15) is 5.82 Å². The molecule has 18 heavy (non-hydrogen) atoms. The molecule has 1 aromatic carbocycles. The molecule has 0 aromatic heterocycles. The molecular weight excluding hydrogens is 235 g/mol. The minimum absolute atomic E-state index is 0.229. The molecule has 4 nitrogen and oxygen atoms in total. The molecule has 2 amide bonds. The van der Waals surface area contributed by atoms with Gasteiger partial charge in [-0.3, -0.25) is 0 Å². The van der Waals surface area contributed by atoms with Crippen molar-refractivity contribution in [2.45, 2.75) is 31.8 Å². The van der Waals surface area contributed by atoms with Gasteiger partial charge in [-0.1, -0.05) is 6.07 Å². The highest BCUT2D eigenvalue weighted by Crippen LogP contribution is 2.30. The summed E-state index contributed by atoms with van der Waals surface area (Å²) in [5.74, 6) is -0.356. The number of rotatable bonds is 3. The molecule has 0 radical (unpaired) electrons. The van der Waals surface area contributed by atoms with Crippen LogP contribution in [0.5, 0.6) is 0 Å². The van der Waals surface area contributed by atoms with Crippen molar-refractivity contribution < 1.29 is 14.3 Å². The second-order valence-corrected chi connectivity index (χ2v) is 4.85. The highest BCUT2D eigenvalue weighted by molar-refractivity contribution is 5.89. The van der Waals surface area contributed by atoms with Gasteiger partial charge in [0.05, 0.1) is 5.60 Å². The van der Waals surface area contributed by atoms with E-state index < -0.39 is 11.6 Å². The van der Waals surface area contributed by atoms with E-state index in [4.69, 9.17) is 0 Å². The molecule has 1 aromatic rings. The van der Waals surface area contributed by atoms with Crippen molar-refractivity contribution >= 4 is 11.7 Å². The molecular formula is C13H17FN2O2. The van der Waals surface area contributed by atoms with Gasteiger partial charge in [0.25, 0.3) is 0 Å². The average molecular weight is 252 g/mol. The number of carbonyl (C=O) groups excluding carboxylic acids is 1. The van der Waals surface area contributed by atoms with Crippen LogP contribution < -0.4 is 10.6 Å². The lowest BCUT2D eigenvalue weighted by molar-refractivity contribution is -0.0287. The minimum Gasteiger partial charge on any atom is -0.388 e. The number of nitrogens with one attached hydrogen (secondary N) is 2. The number of halogens is 1. The summed E-state index contributed by atoms with van der Waals surface area (Å²) >= 11 is 0. The van der Waals surface area contributed by atoms with Crippen LogP contribution in [0.3, 0.4) is 0 Å². The number of benzene rings is 1. The molecule has 1 aliphatic rings. The van der Waals surface area contributed by atoms with E-state index in [2.05, 4.69) is 10.6 Å². The van der Waals surface area contributed by atoms with Crippen LogP contribution in [-0.4, -0.2) is 23.3 Å². The van der Waals surface area contributed by atoms with E-state index in [1.54, 1.807) is 19.1 Å². The molecule has 0 heterocycles. The van der Waals surface area contributed by atoms with Gasteiger partial charge in [-0.15, -0.1) is 0 Å². The van der Waals surface area contributed by atoms with Crippen molar-refractivity contribution in [2.24, 2.45) is 0 Å². The van der Waals surface area contributed by atoms with E-state index >= 15 is 0 Å². The monoisotopic (exact) mass is 252 g/mol. The molecule has 1 fully saturated rings.